The summed E-state index contributed by atoms with van der Waals surface area (Å²) in [7, 11) is 0. The average molecular weight is 308 g/mol. The van der Waals surface area contributed by atoms with E-state index in [2.05, 4.69) is 30.8 Å². The fraction of sp³-hybridized carbons (Fsp3) is 0.750. The predicted molar refractivity (Wildman–Crippen MR) is 85.9 cm³/mol. The number of carbonyl (C=O) groups excluding carboxylic acids is 1. The molecule has 1 aromatic rings. The van der Waals surface area contributed by atoms with Crippen molar-refractivity contribution in [3.05, 3.63) is 18.0 Å². The normalized spacial score (nSPS) is 18.5. The summed E-state index contributed by atoms with van der Waals surface area (Å²) in [6.07, 6.45) is 3.98. The molecule has 0 saturated carbocycles. The minimum absolute atomic E-state index is 0.0474. The number of aliphatic hydroxyl groups excluding tert-OH is 1. The van der Waals surface area contributed by atoms with Gasteiger partial charge in [0.05, 0.1) is 23.4 Å². The molecule has 124 valence electrons. The first-order valence-electron chi connectivity index (χ1n) is 8.06. The summed E-state index contributed by atoms with van der Waals surface area (Å²) < 4.78 is 1.83. The molecular weight excluding hydrogens is 280 g/mol. The van der Waals surface area contributed by atoms with Gasteiger partial charge < -0.3 is 10.0 Å². The molecule has 1 aliphatic heterocycles. The number of rotatable bonds is 4. The zero-order valence-electron chi connectivity index (χ0n) is 14.1. The van der Waals surface area contributed by atoms with Crippen LogP contribution in [-0.4, -0.2) is 69.4 Å². The Morgan fingerprint density at radius 3 is 2.45 bits per heavy atom. The largest absolute Gasteiger partial charge is 0.392 e. The van der Waals surface area contributed by atoms with Gasteiger partial charge in [-0.05, 0) is 27.2 Å². The van der Waals surface area contributed by atoms with Gasteiger partial charge in [-0.15, -0.1) is 0 Å². The monoisotopic (exact) mass is 308 g/mol. The highest BCUT2D eigenvalue weighted by Crippen LogP contribution is 2.15. The Hall–Kier alpha value is -1.40. The molecule has 0 unspecified atom stereocenters. The highest BCUT2D eigenvalue weighted by Gasteiger charge is 2.25. The minimum Gasteiger partial charge on any atom is -0.392 e. The van der Waals surface area contributed by atoms with Gasteiger partial charge in [-0.25, -0.2) is 0 Å². The zero-order chi connectivity index (χ0) is 16.3. The number of piperazine rings is 1. The third-order valence-electron chi connectivity index (χ3n) is 4.12. The highest BCUT2D eigenvalue weighted by molar-refractivity contribution is 5.93. The van der Waals surface area contributed by atoms with E-state index in [0.29, 0.717) is 25.2 Å². The van der Waals surface area contributed by atoms with Crippen LogP contribution in [-0.2, 0) is 5.54 Å². The van der Waals surface area contributed by atoms with Crippen LogP contribution in [0.1, 0.15) is 44.5 Å². The van der Waals surface area contributed by atoms with E-state index in [-0.39, 0.29) is 17.6 Å². The molecule has 1 aromatic heterocycles. The second kappa shape index (κ2) is 6.79. The summed E-state index contributed by atoms with van der Waals surface area (Å²) >= 11 is 0. The van der Waals surface area contributed by atoms with Gasteiger partial charge in [-0.1, -0.05) is 6.92 Å². The van der Waals surface area contributed by atoms with Crippen LogP contribution < -0.4 is 0 Å². The number of hydrogen-bond donors (Lipinski definition) is 1. The van der Waals surface area contributed by atoms with E-state index < -0.39 is 0 Å². The van der Waals surface area contributed by atoms with Gasteiger partial charge in [-0.3, -0.25) is 14.4 Å². The van der Waals surface area contributed by atoms with Crippen LogP contribution in [0.5, 0.6) is 0 Å². The van der Waals surface area contributed by atoms with Crippen molar-refractivity contribution in [3.8, 4) is 0 Å². The average Bonchev–Trinajstić information content (AvgIpc) is 2.97. The van der Waals surface area contributed by atoms with Crippen LogP contribution in [0, 0.1) is 0 Å². The Balaban J connectivity index is 1.91. The lowest BCUT2D eigenvalue weighted by molar-refractivity contribution is 0.0523. The van der Waals surface area contributed by atoms with Crippen molar-refractivity contribution in [3.63, 3.8) is 0 Å². The Bertz CT molecular complexity index is 498. The summed E-state index contributed by atoms with van der Waals surface area (Å²) in [6, 6.07) is 0. The SMILES string of the molecule is CC[C@@H](O)CN1CCN(C(=O)c2cnn(C(C)(C)C)c2)CC1. The first-order chi connectivity index (χ1) is 10.3. The molecular formula is C16H28N4O2. The third kappa shape index (κ3) is 4.08. The van der Waals surface area contributed by atoms with E-state index in [1.165, 1.54) is 0 Å². The molecule has 1 atom stereocenters. The van der Waals surface area contributed by atoms with Crippen LogP contribution in [0.15, 0.2) is 12.4 Å². The number of hydrogen-bond acceptors (Lipinski definition) is 4. The lowest BCUT2D eigenvalue weighted by atomic mass is 10.1. The van der Waals surface area contributed by atoms with Crippen LogP contribution in [0.2, 0.25) is 0 Å². The number of nitrogens with zero attached hydrogens (tertiary/aromatic N) is 4. The summed E-state index contributed by atoms with van der Waals surface area (Å²) in [6.45, 7) is 11.9. The molecule has 0 spiro atoms. The maximum atomic E-state index is 12.5. The van der Waals surface area contributed by atoms with Crippen molar-refractivity contribution >= 4 is 5.91 Å². The topological polar surface area (TPSA) is 61.6 Å². The molecule has 0 aliphatic carbocycles. The number of amides is 1. The molecule has 1 fully saturated rings. The molecule has 1 amide bonds. The smallest absolute Gasteiger partial charge is 0.257 e. The maximum Gasteiger partial charge on any atom is 0.257 e. The van der Waals surface area contributed by atoms with E-state index in [1.54, 1.807) is 6.20 Å². The van der Waals surface area contributed by atoms with Crippen molar-refractivity contribution in [2.75, 3.05) is 32.7 Å². The van der Waals surface area contributed by atoms with Crippen LogP contribution in [0.3, 0.4) is 0 Å². The molecule has 1 N–H and O–H groups in total. The van der Waals surface area contributed by atoms with E-state index in [0.717, 1.165) is 19.5 Å². The molecule has 1 aliphatic rings. The van der Waals surface area contributed by atoms with Crippen molar-refractivity contribution in [2.24, 2.45) is 0 Å². The second-order valence-electron chi connectivity index (χ2n) is 7.00. The number of β-amino-alcohol motifs (C(OH)–C–C–N with tert-alkyl or cyclic N) is 1. The lowest BCUT2D eigenvalue weighted by Crippen LogP contribution is -2.50. The summed E-state index contributed by atoms with van der Waals surface area (Å²) in [4.78, 5) is 16.6. The van der Waals surface area contributed by atoms with Gasteiger partial charge in [0.15, 0.2) is 0 Å². The standard InChI is InChI=1S/C16H28N4O2/c1-5-14(21)12-18-6-8-19(9-7-18)15(22)13-10-17-20(11-13)16(2,3)4/h10-11,14,21H,5-9,12H2,1-4H3/t14-/m1/s1. The third-order valence-corrected chi connectivity index (χ3v) is 4.12. The fourth-order valence-corrected chi connectivity index (χ4v) is 2.54. The number of carbonyl (C=O) groups is 1. The molecule has 6 nitrogen and oxygen atoms in total. The summed E-state index contributed by atoms with van der Waals surface area (Å²) in [5, 5.41) is 14.0. The van der Waals surface area contributed by atoms with E-state index in [9.17, 15) is 9.90 Å². The Morgan fingerprint density at radius 2 is 1.95 bits per heavy atom. The van der Waals surface area contributed by atoms with Gasteiger partial charge in [-0.2, -0.15) is 5.10 Å². The van der Waals surface area contributed by atoms with E-state index >= 15 is 0 Å². The van der Waals surface area contributed by atoms with E-state index in [4.69, 9.17) is 0 Å². The van der Waals surface area contributed by atoms with Gasteiger partial charge in [0.25, 0.3) is 5.91 Å². The summed E-state index contributed by atoms with van der Waals surface area (Å²) in [5.41, 5.74) is 0.532. The van der Waals surface area contributed by atoms with E-state index in [1.807, 2.05) is 22.7 Å². The van der Waals surface area contributed by atoms with Crippen LogP contribution in [0.25, 0.3) is 0 Å². The van der Waals surface area contributed by atoms with Crippen molar-refractivity contribution in [1.29, 1.82) is 0 Å². The first kappa shape index (κ1) is 17.0. The quantitative estimate of drug-likeness (QED) is 0.907. The molecule has 0 aromatic carbocycles. The minimum atomic E-state index is -0.271. The van der Waals surface area contributed by atoms with Gasteiger partial charge >= 0.3 is 0 Å². The maximum absolute atomic E-state index is 12.5. The predicted octanol–water partition coefficient (Wildman–Crippen LogP) is 1.17. The first-order valence-corrected chi connectivity index (χ1v) is 8.06. The fourth-order valence-electron chi connectivity index (χ4n) is 2.54. The van der Waals surface area contributed by atoms with Crippen molar-refractivity contribution in [1.82, 2.24) is 19.6 Å². The molecule has 2 heterocycles. The van der Waals surface area contributed by atoms with Gasteiger partial charge in [0, 0.05) is 38.9 Å². The highest BCUT2D eigenvalue weighted by atomic mass is 16.3. The molecule has 1 saturated heterocycles. The van der Waals surface area contributed by atoms with Gasteiger partial charge in [0.2, 0.25) is 0 Å². The number of aliphatic hydroxyl groups is 1. The van der Waals surface area contributed by atoms with Gasteiger partial charge in [0.1, 0.15) is 0 Å². The Kier molecular flexibility index (Phi) is 5.24. The Labute approximate surface area is 132 Å². The van der Waals surface area contributed by atoms with Crippen molar-refractivity contribution < 1.29 is 9.90 Å². The zero-order valence-corrected chi connectivity index (χ0v) is 14.1. The lowest BCUT2D eigenvalue weighted by Gasteiger charge is -2.35. The molecule has 22 heavy (non-hydrogen) atoms. The van der Waals surface area contributed by atoms with Crippen LogP contribution in [0.4, 0.5) is 0 Å². The molecule has 0 radical (unpaired) electrons. The molecule has 2 rings (SSSR count). The Morgan fingerprint density at radius 1 is 1.32 bits per heavy atom. The van der Waals surface area contributed by atoms with Crippen LogP contribution >= 0.6 is 0 Å². The summed E-state index contributed by atoms with van der Waals surface area (Å²) in [5.74, 6) is 0.0474. The number of aromatic nitrogens is 2. The molecule has 6 heteroatoms. The van der Waals surface area contributed by atoms with Crippen molar-refractivity contribution in [2.45, 2.75) is 45.8 Å². The molecule has 0 bridgehead atoms. The second-order valence-corrected chi connectivity index (χ2v) is 7.00.